The average molecular weight is 259 g/mol. The third kappa shape index (κ3) is 4.04. The lowest BCUT2D eigenvalue weighted by molar-refractivity contribution is -0.149. The Morgan fingerprint density at radius 3 is 2.94 bits per heavy atom. The van der Waals surface area contributed by atoms with Crippen molar-refractivity contribution in [2.45, 2.75) is 12.5 Å². The highest BCUT2D eigenvalue weighted by molar-refractivity contribution is 7.73. The molecule has 0 amide bonds. The van der Waals surface area contributed by atoms with Gasteiger partial charge in [-0.1, -0.05) is 6.08 Å². The molecule has 17 heavy (non-hydrogen) atoms. The first-order valence-electron chi connectivity index (χ1n) is 4.86. The molecule has 7 heteroatoms. The Balaban J connectivity index is 2.55. The number of allylic oxidation sites excluding steroid dienone is 4. The summed E-state index contributed by atoms with van der Waals surface area (Å²) in [4.78, 5) is 11.2. The summed E-state index contributed by atoms with van der Waals surface area (Å²) in [7, 11) is -1.07. The van der Waals surface area contributed by atoms with Crippen LogP contribution in [0.1, 0.15) is 6.42 Å². The molecule has 0 fully saturated rings. The Kier molecular flexibility index (Phi) is 4.92. The maximum atomic E-state index is 10.9. The number of aliphatic hydroxyl groups excluding tert-OH is 1. The van der Waals surface area contributed by atoms with Crippen LogP contribution in [0.5, 0.6) is 0 Å². The van der Waals surface area contributed by atoms with E-state index < -0.39 is 22.4 Å². The smallest absolute Gasteiger partial charge is 0.336 e. The summed E-state index contributed by atoms with van der Waals surface area (Å²) >= 11 is 0. The van der Waals surface area contributed by atoms with Crippen molar-refractivity contribution in [3.63, 3.8) is 0 Å². The van der Waals surface area contributed by atoms with Gasteiger partial charge >= 0.3 is 5.97 Å². The highest BCUT2D eigenvalue weighted by Crippen LogP contribution is 2.06. The van der Waals surface area contributed by atoms with Crippen LogP contribution < -0.4 is 5.32 Å². The predicted molar refractivity (Wildman–Crippen MR) is 61.8 cm³/mol. The van der Waals surface area contributed by atoms with Gasteiger partial charge in [-0.25, -0.2) is 4.79 Å². The molecule has 0 heterocycles. The molecule has 94 valence electrons. The third-order valence-electron chi connectivity index (χ3n) is 2.15. The molecule has 1 aliphatic carbocycles. The summed E-state index contributed by atoms with van der Waals surface area (Å²) in [6.45, 7) is -0.0227. The van der Waals surface area contributed by atoms with E-state index in [2.05, 4.69) is 10.1 Å². The standard InChI is InChI=1S/C10H13NO5S/c1-16-10(13)9(12)6-11-7-3-2-4-8(5-7)17(14)15/h2-4,9,11-12H,5-6H2,1H3. The number of carbonyl (C=O) groups is 1. The van der Waals surface area contributed by atoms with Crippen LogP contribution in [-0.2, 0) is 19.8 Å². The van der Waals surface area contributed by atoms with Crippen LogP contribution in [0.25, 0.3) is 0 Å². The van der Waals surface area contributed by atoms with Crippen LogP contribution in [0, 0.1) is 0 Å². The number of carbonyl (C=O) groups excluding carboxylic acids is 1. The van der Waals surface area contributed by atoms with Crippen molar-refractivity contribution in [1.29, 1.82) is 0 Å². The molecule has 1 atom stereocenters. The van der Waals surface area contributed by atoms with Gasteiger partial charge in [0.05, 0.1) is 18.5 Å². The molecule has 1 aliphatic rings. The van der Waals surface area contributed by atoms with Crippen molar-refractivity contribution in [3.8, 4) is 0 Å². The van der Waals surface area contributed by atoms with E-state index in [1.165, 1.54) is 13.2 Å². The SMILES string of the molecule is COC(=O)C(O)CNC1=CC=CC(=S(=O)=O)C1. The van der Waals surface area contributed by atoms with Gasteiger partial charge in [0.15, 0.2) is 6.10 Å². The summed E-state index contributed by atoms with van der Waals surface area (Å²) in [6.07, 6.45) is 3.71. The van der Waals surface area contributed by atoms with Crippen LogP contribution >= 0.6 is 0 Å². The highest BCUT2D eigenvalue weighted by atomic mass is 32.2. The molecule has 0 radical (unpaired) electrons. The van der Waals surface area contributed by atoms with Gasteiger partial charge in [0, 0.05) is 12.1 Å². The van der Waals surface area contributed by atoms with Crippen LogP contribution in [0.2, 0.25) is 0 Å². The van der Waals surface area contributed by atoms with E-state index in [0.29, 0.717) is 5.70 Å². The maximum Gasteiger partial charge on any atom is 0.336 e. The Morgan fingerprint density at radius 2 is 2.35 bits per heavy atom. The zero-order valence-electron chi connectivity index (χ0n) is 9.21. The van der Waals surface area contributed by atoms with Gasteiger partial charge in [0.25, 0.3) is 0 Å². The van der Waals surface area contributed by atoms with Crippen LogP contribution in [-0.4, -0.2) is 44.1 Å². The summed E-state index contributed by atoms with van der Waals surface area (Å²) in [5.74, 6) is -0.735. The minimum atomic E-state index is -2.25. The summed E-state index contributed by atoms with van der Waals surface area (Å²) < 4.78 is 25.8. The molecule has 0 aromatic heterocycles. The topological polar surface area (TPSA) is 92.7 Å². The number of ether oxygens (including phenoxy) is 1. The first-order chi connectivity index (χ1) is 8.04. The lowest BCUT2D eigenvalue weighted by Crippen LogP contribution is -2.34. The van der Waals surface area contributed by atoms with E-state index in [1.54, 1.807) is 12.2 Å². The number of rotatable bonds is 4. The fraction of sp³-hybridized carbons (Fsp3) is 0.400. The Morgan fingerprint density at radius 1 is 1.65 bits per heavy atom. The van der Waals surface area contributed by atoms with Gasteiger partial charge in [-0.05, 0) is 12.2 Å². The largest absolute Gasteiger partial charge is 0.467 e. The van der Waals surface area contributed by atoms with Gasteiger partial charge in [-0.2, -0.15) is 8.42 Å². The average Bonchev–Trinajstić information content (AvgIpc) is 2.35. The van der Waals surface area contributed by atoms with Crippen LogP contribution in [0.4, 0.5) is 0 Å². The minimum absolute atomic E-state index is 0.0227. The molecule has 0 bridgehead atoms. The number of aliphatic hydroxyl groups is 1. The Bertz CT molecular complexity index is 481. The second kappa shape index (κ2) is 6.21. The molecule has 0 saturated carbocycles. The summed E-state index contributed by atoms with van der Waals surface area (Å²) in [5.41, 5.74) is 0.620. The van der Waals surface area contributed by atoms with Gasteiger partial charge in [0.2, 0.25) is 10.3 Å². The van der Waals surface area contributed by atoms with E-state index in [0.717, 1.165) is 0 Å². The number of methoxy groups -OCH3 is 1. The molecule has 1 rings (SSSR count). The lowest BCUT2D eigenvalue weighted by Gasteiger charge is -2.14. The quantitative estimate of drug-likeness (QED) is 0.497. The van der Waals surface area contributed by atoms with E-state index in [9.17, 15) is 18.3 Å². The van der Waals surface area contributed by atoms with Crippen molar-refractivity contribution in [2.75, 3.05) is 13.7 Å². The summed E-state index contributed by atoms with van der Waals surface area (Å²) in [6, 6.07) is 0. The van der Waals surface area contributed by atoms with Gasteiger partial charge in [-0.3, -0.25) is 0 Å². The monoisotopic (exact) mass is 259 g/mol. The van der Waals surface area contributed by atoms with E-state index in [4.69, 9.17) is 0 Å². The Labute approximate surface area is 100 Å². The Hall–Kier alpha value is -1.60. The van der Waals surface area contributed by atoms with E-state index >= 15 is 0 Å². The van der Waals surface area contributed by atoms with Crippen molar-refractivity contribution >= 4 is 21.1 Å². The lowest BCUT2D eigenvalue weighted by atomic mass is 10.1. The number of nitrogens with one attached hydrogen (secondary N) is 1. The third-order valence-corrected chi connectivity index (χ3v) is 2.86. The zero-order chi connectivity index (χ0) is 12.8. The fourth-order valence-electron chi connectivity index (χ4n) is 1.26. The van der Waals surface area contributed by atoms with Crippen LogP contribution in [0.15, 0.2) is 23.9 Å². The van der Waals surface area contributed by atoms with E-state index in [1.807, 2.05) is 0 Å². The second-order valence-electron chi connectivity index (χ2n) is 3.35. The zero-order valence-corrected chi connectivity index (χ0v) is 10.0. The van der Waals surface area contributed by atoms with Gasteiger partial charge < -0.3 is 15.2 Å². The first kappa shape index (κ1) is 13.5. The van der Waals surface area contributed by atoms with Crippen molar-refractivity contribution < 1.29 is 23.1 Å². The predicted octanol–water partition coefficient (Wildman–Crippen LogP) is -0.995. The molecular weight excluding hydrogens is 246 g/mol. The van der Waals surface area contributed by atoms with Gasteiger partial charge in [0.1, 0.15) is 0 Å². The maximum absolute atomic E-state index is 10.9. The molecule has 0 saturated heterocycles. The number of esters is 1. The molecule has 0 aromatic rings. The molecule has 6 nitrogen and oxygen atoms in total. The fourth-order valence-corrected chi connectivity index (χ4v) is 1.72. The second-order valence-corrected chi connectivity index (χ2v) is 4.34. The van der Waals surface area contributed by atoms with Crippen molar-refractivity contribution in [2.24, 2.45) is 0 Å². The molecule has 0 aliphatic heterocycles. The first-order valence-corrected chi connectivity index (χ1v) is 5.94. The molecule has 0 spiro atoms. The van der Waals surface area contributed by atoms with Gasteiger partial charge in [-0.15, -0.1) is 0 Å². The number of hydrogen-bond acceptors (Lipinski definition) is 6. The molecule has 2 N–H and O–H groups in total. The number of hydrogen-bond donors (Lipinski definition) is 2. The molecule has 0 aromatic carbocycles. The molecule has 1 unspecified atom stereocenters. The van der Waals surface area contributed by atoms with Crippen LogP contribution in [0.3, 0.4) is 0 Å². The molecular formula is C10H13NO5S. The highest BCUT2D eigenvalue weighted by Gasteiger charge is 2.16. The van der Waals surface area contributed by atoms with E-state index in [-0.39, 0.29) is 17.8 Å². The van der Waals surface area contributed by atoms with Crippen molar-refractivity contribution in [1.82, 2.24) is 5.32 Å². The summed E-state index contributed by atoms with van der Waals surface area (Å²) in [5, 5.41) is 12.1. The minimum Gasteiger partial charge on any atom is -0.467 e. The van der Waals surface area contributed by atoms with Crippen molar-refractivity contribution in [3.05, 3.63) is 23.9 Å². The normalized spacial score (nSPS) is 16.1.